The number of hydrogen-bond donors (Lipinski definition) is 1. The van der Waals surface area contributed by atoms with Crippen LogP contribution < -0.4 is 14.8 Å². The van der Waals surface area contributed by atoms with Crippen LogP contribution in [0.4, 0.5) is 0 Å². The van der Waals surface area contributed by atoms with Crippen LogP contribution in [-0.2, 0) is 11.3 Å². The first-order valence-electron chi connectivity index (χ1n) is 7.35. The molecule has 4 heteroatoms. The summed E-state index contributed by atoms with van der Waals surface area (Å²) in [6.45, 7) is 2.36. The number of unbranched alkanes of at least 4 members (excludes halogenated alkanes) is 1. The van der Waals surface area contributed by atoms with Gasteiger partial charge in [0.05, 0.1) is 13.7 Å². The first kappa shape index (κ1) is 15.1. The summed E-state index contributed by atoms with van der Waals surface area (Å²) in [6.07, 6.45) is 4.62. The van der Waals surface area contributed by atoms with Crippen molar-refractivity contribution in [2.45, 2.75) is 38.3 Å². The second-order valence-electron chi connectivity index (χ2n) is 5.18. The first-order valence-corrected chi connectivity index (χ1v) is 7.35. The van der Waals surface area contributed by atoms with Gasteiger partial charge in [0.1, 0.15) is 11.5 Å². The molecule has 0 unspecified atom stereocenters. The van der Waals surface area contributed by atoms with Crippen LogP contribution in [0.1, 0.15) is 31.2 Å². The molecule has 1 aromatic carbocycles. The molecular weight excluding hydrogens is 254 g/mol. The molecule has 0 amide bonds. The van der Waals surface area contributed by atoms with E-state index in [2.05, 4.69) is 11.4 Å². The molecule has 0 atom stereocenters. The van der Waals surface area contributed by atoms with Crippen molar-refractivity contribution in [2.75, 3.05) is 27.4 Å². The molecule has 0 spiro atoms. The lowest BCUT2D eigenvalue weighted by molar-refractivity contribution is 0.184. The van der Waals surface area contributed by atoms with Crippen molar-refractivity contribution in [3.05, 3.63) is 23.8 Å². The van der Waals surface area contributed by atoms with Gasteiger partial charge in [-0.25, -0.2) is 0 Å². The fourth-order valence-electron chi connectivity index (χ4n) is 2.03. The lowest BCUT2D eigenvalue weighted by Crippen LogP contribution is -2.16. The third-order valence-electron chi connectivity index (χ3n) is 3.43. The summed E-state index contributed by atoms with van der Waals surface area (Å²) in [5, 5.41) is 3.52. The van der Waals surface area contributed by atoms with E-state index in [1.165, 1.54) is 18.4 Å². The summed E-state index contributed by atoms with van der Waals surface area (Å²) < 4.78 is 16.2. The summed E-state index contributed by atoms with van der Waals surface area (Å²) >= 11 is 0. The van der Waals surface area contributed by atoms with Crippen LogP contribution in [0.15, 0.2) is 18.2 Å². The molecule has 1 saturated carbocycles. The summed E-state index contributed by atoms with van der Waals surface area (Å²) in [5.74, 6) is 1.83. The highest BCUT2D eigenvalue weighted by atomic mass is 16.5. The summed E-state index contributed by atoms with van der Waals surface area (Å²) in [5.41, 5.74) is 1.17. The molecule has 4 nitrogen and oxygen atoms in total. The van der Waals surface area contributed by atoms with E-state index in [0.717, 1.165) is 44.1 Å². The molecule has 0 radical (unpaired) electrons. The Labute approximate surface area is 121 Å². The van der Waals surface area contributed by atoms with E-state index in [-0.39, 0.29) is 0 Å². The van der Waals surface area contributed by atoms with Crippen molar-refractivity contribution in [3.63, 3.8) is 0 Å². The summed E-state index contributed by atoms with van der Waals surface area (Å²) in [7, 11) is 3.42. The van der Waals surface area contributed by atoms with E-state index in [0.29, 0.717) is 6.04 Å². The van der Waals surface area contributed by atoms with Gasteiger partial charge in [-0.1, -0.05) is 0 Å². The maximum atomic E-state index is 5.88. The Morgan fingerprint density at radius 2 is 1.95 bits per heavy atom. The molecule has 1 N–H and O–H groups in total. The molecule has 1 aromatic rings. The molecule has 0 aromatic heterocycles. The van der Waals surface area contributed by atoms with E-state index in [4.69, 9.17) is 14.2 Å². The van der Waals surface area contributed by atoms with Crippen molar-refractivity contribution >= 4 is 0 Å². The monoisotopic (exact) mass is 279 g/mol. The number of rotatable bonds is 10. The second kappa shape index (κ2) is 8.12. The van der Waals surface area contributed by atoms with Crippen LogP contribution in [0.25, 0.3) is 0 Å². The van der Waals surface area contributed by atoms with E-state index in [9.17, 15) is 0 Å². The summed E-state index contributed by atoms with van der Waals surface area (Å²) in [4.78, 5) is 0. The zero-order valence-electron chi connectivity index (χ0n) is 12.5. The van der Waals surface area contributed by atoms with Crippen LogP contribution >= 0.6 is 0 Å². The van der Waals surface area contributed by atoms with Crippen molar-refractivity contribution in [1.82, 2.24) is 5.32 Å². The number of ether oxygens (including phenoxy) is 3. The lowest BCUT2D eigenvalue weighted by Gasteiger charge is -2.13. The maximum absolute atomic E-state index is 5.88. The van der Waals surface area contributed by atoms with Crippen LogP contribution in [0, 0.1) is 0 Å². The smallest absolute Gasteiger partial charge is 0.124 e. The van der Waals surface area contributed by atoms with Gasteiger partial charge in [-0.2, -0.15) is 0 Å². The number of hydrogen-bond acceptors (Lipinski definition) is 4. The lowest BCUT2D eigenvalue weighted by atomic mass is 10.2. The molecule has 1 aliphatic carbocycles. The minimum absolute atomic E-state index is 0.691. The second-order valence-corrected chi connectivity index (χ2v) is 5.18. The van der Waals surface area contributed by atoms with Crippen LogP contribution in [-0.4, -0.2) is 33.5 Å². The van der Waals surface area contributed by atoms with Gasteiger partial charge in [0, 0.05) is 31.9 Å². The van der Waals surface area contributed by atoms with Crippen molar-refractivity contribution in [2.24, 2.45) is 0 Å². The van der Waals surface area contributed by atoms with Gasteiger partial charge in [-0.05, 0) is 43.9 Å². The van der Waals surface area contributed by atoms with Gasteiger partial charge < -0.3 is 19.5 Å². The predicted octanol–water partition coefficient (Wildman–Crippen LogP) is 2.75. The number of benzene rings is 1. The number of nitrogens with one attached hydrogen (secondary N) is 1. The average Bonchev–Trinajstić information content (AvgIpc) is 3.30. The highest BCUT2D eigenvalue weighted by molar-refractivity contribution is 5.40. The normalized spacial score (nSPS) is 14.3. The van der Waals surface area contributed by atoms with Crippen LogP contribution in [0.3, 0.4) is 0 Å². The van der Waals surface area contributed by atoms with Crippen LogP contribution in [0.2, 0.25) is 0 Å². The Bertz CT molecular complexity index is 405. The molecule has 20 heavy (non-hydrogen) atoms. The highest BCUT2D eigenvalue weighted by Crippen LogP contribution is 2.26. The molecule has 1 fully saturated rings. The van der Waals surface area contributed by atoms with Crippen molar-refractivity contribution in [1.29, 1.82) is 0 Å². The van der Waals surface area contributed by atoms with Gasteiger partial charge in [-0.3, -0.25) is 0 Å². The standard InChI is InChI=1S/C16H25NO3/c1-18-9-3-4-10-20-16-8-7-15(19-2)11-13(16)12-17-14-5-6-14/h7-8,11,14,17H,3-6,9-10,12H2,1-2H3. The molecular formula is C16H25NO3. The topological polar surface area (TPSA) is 39.7 Å². The Morgan fingerprint density at radius 1 is 1.15 bits per heavy atom. The largest absolute Gasteiger partial charge is 0.497 e. The SMILES string of the molecule is COCCCCOc1ccc(OC)cc1CNC1CC1. The van der Waals surface area contributed by atoms with Crippen molar-refractivity contribution < 1.29 is 14.2 Å². The van der Waals surface area contributed by atoms with Gasteiger partial charge in [0.25, 0.3) is 0 Å². The fourth-order valence-corrected chi connectivity index (χ4v) is 2.03. The quantitative estimate of drug-likeness (QED) is 0.669. The Kier molecular flexibility index (Phi) is 6.15. The minimum Gasteiger partial charge on any atom is -0.497 e. The molecule has 0 bridgehead atoms. The van der Waals surface area contributed by atoms with E-state index in [1.54, 1.807) is 14.2 Å². The maximum Gasteiger partial charge on any atom is 0.124 e. The molecule has 112 valence electrons. The third kappa shape index (κ3) is 5.02. The van der Waals surface area contributed by atoms with E-state index >= 15 is 0 Å². The average molecular weight is 279 g/mol. The van der Waals surface area contributed by atoms with E-state index < -0.39 is 0 Å². The van der Waals surface area contributed by atoms with Crippen LogP contribution in [0.5, 0.6) is 11.5 Å². The Balaban J connectivity index is 1.87. The molecule has 0 aliphatic heterocycles. The Morgan fingerprint density at radius 3 is 2.65 bits per heavy atom. The Hall–Kier alpha value is -1.26. The van der Waals surface area contributed by atoms with Crippen molar-refractivity contribution in [3.8, 4) is 11.5 Å². The van der Waals surface area contributed by atoms with Gasteiger partial charge in [0.2, 0.25) is 0 Å². The first-order chi connectivity index (χ1) is 9.83. The molecule has 0 heterocycles. The highest BCUT2D eigenvalue weighted by Gasteiger charge is 2.20. The molecule has 2 rings (SSSR count). The summed E-state index contributed by atoms with van der Waals surface area (Å²) in [6, 6.07) is 6.69. The van der Waals surface area contributed by atoms with E-state index in [1.807, 2.05) is 12.1 Å². The molecule has 0 saturated heterocycles. The minimum atomic E-state index is 0.691. The van der Waals surface area contributed by atoms with Gasteiger partial charge in [0.15, 0.2) is 0 Å². The predicted molar refractivity (Wildman–Crippen MR) is 79.5 cm³/mol. The fraction of sp³-hybridized carbons (Fsp3) is 0.625. The zero-order chi connectivity index (χ0) is 14.2. The number of methoxy groups -OCH3 is 2. The zero-order valence-corrected chi connectivity index (χ0v) is 12.5. The van der Waals surface area contributed by atoms with Gasteiger partial charge in [-0.15, -0.1) is 0 Å². The molecule has 1 aliphatic rings. The van der Waals surface area contributed by atoms with Gasteiger partial charge >= 0.3 is 0 Å². The third-order valence-corrected chi connectivity index (χ3v) is 3.43.